The van der Waals surface area contributed by atoms with E-state index >= 15 is 0 Å². The Balaban J connectivity index is 4.41. The third-order valence-corrected chi connectivity index (χ3v) is 3.93. The number of allylic oxidation sites excluding steroid dienone is 1. The molecule has 0 heterocycles. The van der Waals surface area contributed by atoms with Crippen LogP contribution in [0.15, 0.2) is 12.7 Å². The smallest absolute Gasteiger partial charge is 0.0236 e. The molecule has 0 saturated heterocycles. The standard InChI is InChI=1S/C15H30/c1-8-13(7)14(9-2)10-15(11(3)4)12(5)6/h8,11-15H,1,9-10H2,2-7H3. The topological polar surface area (TPSA) is 0 Å². The normalized spacial score (nSPS) is 16.1. The molecule has 0 aromatic carbocycles. The van der Waals surface area contributed by atoms with E-state index in [4.69, 9.17) is 0 Å². The van der Waals surface area contributed by atoms with E-state index in [-0.39, 0.29) is 0 Å². The Bertz CT molecular complexity index is 159. The van der Waals surface area contributed by atoms with Gasteiger partial charge in [-0.3, -0.25) is 0 Å². The maximum Gasteiger partial charge on any atom is -0.0236 e. The van der Waals surface area contributed by atoms with Gasteiger partial charge in [0.1, 0.15) is 0 Å². The summed E-state index contributed by atoms with van der Waals surface area (Å²) in [6.45, 7) is 18.0. The van der Waals surface area contributed by atoms with Gasteiger partial charge < -0.3 is 0 Å². The van der Waals surface area contributed by atoms with Crippen LogP contribution in [0.2, 0.25) is 0 Å². The van der Waals surface area contributed by atoms with E-state index in [1.807, 2.05) is 0 Å². The molecule has 0 aliphatic carbocycles. The largest absolute Gasteiger partial charge is 0.103 e. The number of hydrogen-bond donors (Lipinski definition) is 0. The molecule has 0 heteroatoms. The van der Waals surface area contributed by atoms with Crippen LogP contribution in [0.3, 0.4) is 0 Å². The molecule has 0 nitrogen and oxygen atoms in total. The van der Waals surface area contributed by atoms with Crippen LogP contribution in [-0.4, -0.2) is 0 Å². The molecular weight excluding hydrogens is 180 g/mol. The predicted molar refractivity (Wildman–Crippen MR) is 70.9 cm³/mol. The van der Waals surface area contributed by atoms with Crippen molar-refractivity contribution in [2.75, 3.05) is 0 Å². The molecule has 15 heavy (non-hydrogen) atoms. The summed E-state index contributed by atoms with van der Waals surface area (Å²) in [5.41, 5.74) is 0. The molecule has 0 saturated carbocycles. The van der Waals surface area contributed by atoms with Crippen LogP contribution in [-0.2, 0) is 0 Å². The first kappa shape index (κ1) is 14.7. The van der Waals surface area contributed by atoms with Crippen molar-refractivity contribution in [2.45, 2.75) is 54.4 Å². The van der Waals surface area contributed by atoms with Gasteiger partial charge in [-0.05, 0) is 36.0 Å². The molecular formula is C15H30. The fourth-order valence-electron chi connectivity index (χ4n) is 2.61. The minimum Gasteiger partial charge on any atom is -0.103 e. The van der Waals surface area contributed by atoms with Crippen LogP contribution in [0.4, 0.5) is 0 Å². The first-order valence-electron chi connectivity index (χ1n) is 6.56. The molecule has 0 spiro atoms. The summed E-state index contributed by atoms with van der Waals surface area (Å²) in [6.07, 6.45) is 4.76. The number of hydrogen-bond acceptors (Lipinski definition) is 0. The minimum absolute atomic E-state index is 0.662. The Morgan fingerprint density at radius 3 is 1.73 bits per heavy atom. The minimum atomic E-state index is 0.662. The molecule has 0 bridgehead atoms. The van der Waals surface area contributed by atoms with Crippen molar-refractivity contribution in [3.05, 3.63) is 12.7 Å². The molecule has 0 fully saturated rings. The Morgan fingerprint density at radius 2 is 1.47 bits per heavy atom. The summed E-state index contributed by atoms with van der Waals surface area (Å²) < 4.78 is 0. The van der Waals surface area contributed by atoms with Gasteiger partial charge in [-0.2, -0.15) is 0 Å². The fourth-order valence-corrected chi connectivity index (χ4v) is 2.61. The van der Waals surface area contributed by atoms with Crippen molar-refractivity contribution in [2.24, 2.45) is 29.6 Å². The molecule has 2 atom stereocenters. The Hall–Kier alpha value is -0.260. The van der Waals surface area contributed by atoms with Gasteiger partial charge in [-0.25, -0.2) is 0 Å². The molecule has 0 aromatic heterocycles. The highest BCUT2D eigenvalue weighted by Crippen LogP contribution is 2.32. The summed E-state index contributed by atoms with van der Waals surface area (Å²) in [5.74, 6) is 3.94. The van der Waals surface area contributed by atoms with Gasteiger partial charge in [0.05, 0.1) is 0 Å². The van der Waals surface area contributed by atoms with E-state index in [1.54, 1.807) is 0 Å². The van der Waals surface area contributed by atoms with Crippen LogP contribution >= 0.6 is 0 Å². The number of rotatable bonds is 7. The van der Waals surface area contributed by atoms with Gasteiger partial charge in [0, 0.05) is 0 Å². The Kier molecular flexibility index (Phi) is 6.96. The molecule has 2 unspecified atom stereocenters. The van der Waals surface area contributed by atoms with Gasteiger partial charge in [0.25, 0.3) is 0 Å². The van der Waals surface area contributed by atoms with Gasteiger partial charge in [0.2, 0.25) is 0 Å². The lowest BCUT2D eigenvalue weighted by Crippen LogP contribution is -2.22. The van der Waals surface area contributed by atoms with Gasteiger partial charge in [-0.15, -0.1) is 6.58 Å². The third-order valence-electron chi connectivity index (χ3n) is 3.93. The average molecular weight is 210 g/mol. The Morgan fingerprint density at radius 1 is 1.00 bits per heavy atom. The van der Waals surface area contributed by atoms with Crippen LogP contribution in [0.1, 0.15) is 54.4 Å². The van der Waals surface area contributed by atoms with Crippen LogP contribution in [0.5, 0.6) is 0 Å². The predicted octanol–water partition coefficient (Wildman–Crippen LogP) is 5.15. The highest BCUT2D eigenvalue weighted by atomic mass is 14.3. The molecule has 0 N–H and O–H groups in total. The lowest BCUT2D eigenvalue weighted by Gasteiger charge is -2.31. The summed E-state index contributed by atoms with van der Waals surface area (Å²) in [4.78, 5) is 0. The molecule has 0 aromatic rings. The maximum absolute atomic E-state index is 3.93. The quantitative estimate of drug-likeness (QED) is 0.510. The van der Waals surface area contributed by atoms with Crippen molar-refractivity contribution in [1.29, 1.82) is 0 Å². The van der Waals surface area contributed by atoms with E-state index in [2.05, 4.69) is 54.2 Å². The summed E-state index contributed by atoms with van der Waals surface area (Å²) in [7, 11) is 0. The van der Waals surface area contributed by atoms with Crippen molar-refractivity contribution >= 4 is 0 Å². The lowest BCUT2D eigenvalue weighted by molar-refractivity contribution is 0.204. The molecule has 0 radical (unpaired) electrons. The maximum atomic E-state index is 3.93. The fraction of sp³-hybridized carbons (Fsp3) is 0.867. The summed E-state index contributed by atoms with van der Waals surface area (Å²) in [5, 5.41) is 0. The zero-order valence-corrected chi connectivity index (χ0v) is 11.6. The zero-order chi connectivity index (χ0) is 12.0. The van der Waals surface area contributed by atoms with Crippen molar-refractivity contribution in [3.8, 4) is 0 Å². The summed E-state index contributed by atoms with van der Waals surface area (Å²) >= 11 is 0. The van der Waals surface area contributed by atoms with Crippen LogP contribution in [0.25, 0.3) is 0 Å². The zero-order valence-electron chi connectivity index (χ0n) is 11.6. The van der Waals surface area contributed by atoms with Crippen LogP contribution < -0.4 is 0 Å². The lowest BCUT2D eigenvalue weighted by atomic mass is 9.75. The van der Waals surface area contributed by atoms with Gasteiger partial charge in [0.15, 0.2) is 0 Å². The second-order valence-corrected chi connectivity index (χ2v) is 5.65. The second-order valence-electron chi connectivity index (χ2n) is 5.65. The van der Waals surface area contributed by atoms with Gasteiger partial charge >= 0.3 is 0 Å². The van der Waals surface area contributed by atoms with Crippen molar-refractivity contribution in [1.82, 2.24) is 0 Å². The third kappa shape index (κ3) is 4.86. The van der Waals surface area contributed by atoms with E-state index in [0.717, 1.165) is 23.7 Å². The molecule has 0 aliphatic heterocycles. The highest BCUT2D eigenvalue weighted by molar-refractivity contribution is 4.83. The monoisotopic (exact) mass is 210 g/mol. The van der Waals surface area contributed by atoms with Crippen molar-refractivity contribution < 1.29 is 0 Å². The first-order valence-corrected chi connectivity index (χ1v) is 6.56. The molecule has 90 valence electrons. The second kappa shape index (κ2) is 7.09. The average Bonchev–Trinajstić information content (AvgIpc) is 2.17. The summed E-state index contributed by atoms with van der Waals surface area (Å²) in [6, 6.07) is 0. The van der Waals surface area contributed by atoms with E-state index in [9.17, 15) is 0 Å². The van der Waals surface area contributed by atoms with E-state index < -0.39 is 0 Å². The van der Waals surface area contributed by atoms with Gasteiger partial charge in [-0.1, -0.05) is 54.0 Å². The highest BCUT2D eigenvalue weighted by Gasteiger charge is 2.23. The van der Waals surface area contributed by atoms with Crippen LogP contribution in [0, 0.1) is 29.6 Å². The van der Waals surface area contributed by atoms with E-state index in [1.165, 1.54) is 12.8 Å². The molecule has 0 amide bonds. The van der Waals surface area contributed by atoms with Crippen molar-refractivity contribution in [3.63, 3.8) is 0 Å². The molecule has 0 rings (SSSR count). The Labute approximate surface area is 97.2 Å². The SMILES string of the molecule is C=CC(C)C(CC)CC(C(C)C)C(C)C. The molecule has 0 aliphatic rings. The first-order chi connectivity index (χ1) is 6.93. The van der Waals surface area contributed by atoms with E-state index in [0.29, 0.717) is 5.92 Å².